The highest BCUT2D eigenvalue weighted by Crippen LogP contribution is 2.20. The van der Waals surface area contributed by atoms with Crippen LogP contribution in [-0.2, 0) is 6.54 Å². The summed E-state index contributed by atoms with van der Waals surface area (Å²) in [7, 11) is 0. The predicted octanol–water partition coefficient (Wildman–Crippen LogP) is 4.62. The number of allylic oxidation sites excluding steroid dienone is 1. The van der Waals surface area contributed by atoms with Crippen LogP contribution in [-0.4, -0.2) is 10.3 Å². The quantitative estimate of drug-likeness (QED) is 0.582. The molecule has 0 N–H and O–H groups in total. The standard InChI is InChI=1S/C18H21N3S/c1-2-13-21-17(15-9-5-3-6-10-15)14-22-18(21)20-19-16-11-7-4-8-12-16/h2-3,5-6,9-10,14H,1,4,7-8,11-13H2. The molecule has 0 spiro atoms. The van der Waals surface area contributed by atoms with E-state index in [9.17, 15) is 0 Å². The number of nitrogens with zero attached hydrogens (tertiary/aromatic N) is 3. The van der Waals surface area contributed by atoms with Crippen molar-refractivity contribution in [3.8, 4) is 11.3 Å². The minimum Gasteiger partial charge on any atom is -0.311 e. The van der Waals surface area contributed by atoms with Gasteiger partial charge in [-0.2, -0.15) is 5.10 Å². The number of benzene rings is 1. The van der Waals surface area contributed by atoms with Crippen molar-refractivity contribution in [1.29, 1.82) is 0 Å². The van der Waals surface area contributed by atoms with Gasteiger partial charge in [-0.25, -0.2) is 0 Å². The Morgan fingerprint density at radius 2 is 1.86 bits per heavy atom. The third kappa shape index (κ3) is 3.45. The van der Waals surface area contributed by atoms with E-state index in [4.69, 9.17) is 0 Å². The molecule has 1 aliphatic rings. The summed E-state index contributed by atoms with van der Waals surface area (Å²) in [6, 6.07) is 10.4. The summed E-state index contributed by atoms with van der Waals surface area (Å²) < 4.78 is 2.18. The topological polar surface area (TPSA) is 29.6 Å². The van der Waals surface area contributed by atoms with Gasteiger partial charge in [-0.05, 0) is 31.2 Å². The van der Waals surface area contributed by atoms with Crippen molar-refractivity contribution in [3.05, 3.63) is 53.2 Å². The summed E-state index contributed by atoms with van der Waals surface area (Å²) in [4.78, 5) is 0.942. The van der Waals surface area contributed by atoms with Gasteiger partial charge in [0.25, 0.3) is 0 Å². The van der Waals surface area contributed by atoms with Crippen LogP contribution in [0.25, 0.3) is 11.3 Å². The second-order valence-corrected chi connectivity index (χ2v) is 6.33. The summed E-state index contributed by atoms with van der Waals surface area (Å²) in [6.45, 7) is 4.62. The Morgan fingerprint density at radius 3 is 2.59 bits per heavy atom. The summed E-state index contributed by atoms with van der Waals surface area (Å²) in [6.07, 6.45) is 7.93. The minimum atomic E-state index is 0.747. The van der Waals surface area contributed by atoms with Crippen molar-refractivity contribution in [3.63, 3.8) is 0 Å². The van der Waals surface area contributed by atoms with E-state index in [1.807, 2.05) is 12.1 Å². The molecule has 0 saturated heterocycles. The lowest BCUT2D eigenvalue weighted by Gasteiger charge is -2.10. The average Bonchev–Trinajstić information content (AvgIpc) is 2.98. The van der Waals surface area contributed by atoms with Gasteiger partial charge < -0.3 is 4.57 Å². The smallest absolute Gasteiger partial charge is 0.211 e. The van der Waals surface area contributed by atoms with Crippen LogP contribution in [0.3, 0.4) is 0 Å². The Balaban J connectivity index is 1.98. The second-order valence-electron chi connectivity index (χ2n) is 5.50. The molecule has 0 bridgehead atoms. The van der Waals surface area contributed by atoms with Gasteiger partial charge in [0, 0.05) is 17.6 Å². The molecular formula is C18H21N3S. The first-order valence-corrected chi connectivity index (χ1v) is 8.70. The molecule has 1 aliphatic carbocycles. The summed E-state index contributed by atoms with van der Waals surface area (Å²) in [5, 5.41) is 11.2. The predicted molar refractivity (Wildman–Crippen MR) is 94.0 cm³/mol. The van der Waals surface area contributed by atoms with Gasteiger partial charge in [0.1, 0.15) is 0 Å². The Bertz CT molecular complexity index is 714. The molecule has 2 aromatic rings. The molecule has 0 amide bonds. The molecule has 4 heteroatoms. The Morgan fingerprint density at radius 1 is 1.09 bits per heavy atom. The highest BCUT2D eigenvalue weighted by Gasteiger charge is 2.08. The zero-order chi connectivity index (χ0) is 15.2. The van der Waals surface area contributed by atoms with E-state index in [0.717, 1.165) is 24.2 Å². The van der Waals surface area contributed by atoms with Gasteiger partial charge in [-0.15, -0.1) is 23.0 Å². The van der Waals surface area contributed by atoms with Crippen LogP contribution in [0.1, 0.15) is 32.1 Å². The number of thiazole rings is 1. The van der Waals surface area contributed by atoms with Crippen LogP contribution in [0.4, 0.5) is 0 Å². The first-order chi connectivity index (χ1) is 10.9. The number of hydrogen-bond donors (Lipinski definition) is 0. The minimum absolute atomic E-state index is 0.747. The number of rotatable bonds is 4. The van der Waals surface area contributed by atoms with Crippen molar-refractivity contribution >= 4 is 17.0 Å². The van der Waals surface area contributed by atoms with Crippen molar-refractivity contribution < 1.29 is 0 Å². The lowest BCUT2D eigenvalue weighted by Crippen LogP contribution is -2.15. The van der Waals surface area contributed by atoms with Crippen molar-refractivity contribution in [1.82, 2.24) is 4.57 Å². The maximum absolute atomic E-state index is 4.52. The zero-order valence-electron chi connectivity index (χ0n) is 12.7. The van der Waals surface area contributed by atoms with Crippen molar-refractivity contribution in [2.45, 2.75) is 38.6 Å². The largest absolute Gasteiger partial charge is 0.311 e. The van der Waals surface area contributed by atoms with Crippen LogP contribution in [0.5, 0.6) is 0 Å². The Labute approximate surface area is 135 Å². The third-order valence-corrected chi connectivity index (χ3v) is 4.74. The van der Waals surface area contributed by atoms with Gasteiger partial charge in [-0.1, -0.05) is 42.8 Å². The molecular weight excluding hydrogens is 290 g/mol. The molecule has 0 atom stereocenters. The van der Waals surface area contributed by atoms with E-state index in [0.29, 0.717) is 0 Å². The van der Waals surface area contributed by atoms with Crippen LogP contribution in [0, 0.1) is 0 Å². The molecule has 1 aromatic carbocycles. The fourth-order valence-electron chi connectivity index (χ4n) is 2.73. The van der Waals surface area contributed by atoms with Gasteiger partial charge in [0.2, 0.25) is 4.80 Å². The van der Waals surface area contributed by atoms with Gasteiger partial charge in [-0.3, -0.25) is 0 Å². The Hall–Kier alpha value is -1.94. The molecule has 114 valence electrons. The maximum Gasteiger partial charge on any atom is 0.211 e. The molecule has 3 nitrogen and oxygen atoms in total. The highest BCUT2D eigenvalue weighted by atomic mass is 32.1. The molecule has 0 aliphatic heterocycles. The number of hydrogen-bond acceptors (Lipinski definition) is 3. The highest BCUT2D eigenvalue weighted by molar-refractivity contribution is 7.07. The molecule has 0 radical (unpaired) electrons. The van der Waals surface area contributed by atoms with Gasteiger partial charge in [0.05, 0.1) is 5.69 Å². The van der Waals surface area contributed by atoms with Crippen LogP contribution < -0.4 is 4.80 Å². The van der Waals surface area contributed by atoms with E-state index >= 15 is 0 Å². The lowest BCUT2D eigenvalue weighted by atomic mass is 9.99. The van der Waals surface area contributed by atoms with Crippen LogP contribution in [0.2, 0.25) is 0 Å². The van der Waals surface area contributed by atoms with E-state index in [-0.39, 0.29) is 0 Å². The summed E-state index contributed by atoms with van der Waals surface area (Å²) >= 11 is 1.64. The van der Waals surface area contributed by atoms with Gasteiger partial charge in [0.15, 0.2) is 0 Å². The molecule has 22 heavy (non-hydrogen) atoms. The molecule has 1 heterocycles. The number of aromatic nitrogens is 1. The molecule has 1 aromatic heterocycles. The van der Waals surface area contributed by atoms with Crippen LogP contribution >= 0.6 is 11.3 Å². The van der Waals surface area contributed by atoms with E-state index < -0.39 is 0 Å². The molecule has 0 unspecified atom stereocenters. The van der Waals surface area contributed by atoms with Crippen molar-refractivity contribution in [2.24, 2.45) is 10.2 Å². The van der Waals surface area contributed by atoms with Crippen molar-refractivity contribution in [2.75, 3.05) is 0 Å². The lowest BCUT2D eigenvalue weighted by molar-refractivity contribution is 0.662. The van der Waals surface area contributed by atoms with Gasteiger partial charge >= 0.3 is 0 Å². The first kappa shape index (κ1) is 15.0. The normalized spacial score (nSPS) is 15.8. The van der Waals surface area contributed by atoms with E-state index in [1.54, 1.807) is 11.3 Å². The molecule has 3 rings (SSSR count). The fraction of sp³-hybridized carbons (Fsp3) is 0.333. The maximum atomic E-state index is 4.52. The second kappa shape index (κ2) is 7.36. The summed E-state index contributed by atoms with van der Waals surface area (Å²) in [5.41, 5.74) is 3.62. The monoisotopic (exact) mass is 311 g/mol. The zero-order valence-corrected chi connectivity index (χ0v) is 13.6. The average molecular weight is 311 g/mol. The van der Waals surface area contributed by atoms with E-state index in [1.165, 1.54) is 36.2 Å². The summed E-state index contributed by atoms with van der Waals surface area (Å²) in [5.74, 6) is 0. The Kier molecular flexibility index (Phi) is 5.01. The first-order valence-electron chi connectivity index (χ1n) is 7.82. The van der Waals surface area contributed by atoms with E-state index in [2.05, 4.69) is 51.0 Å². The molecule has 1 fully saturated rings. The fourth-order valence-corrected chi connectivity index (χ4v) is 3.60. The van der Waals surface area contributed by atoms with Crippen LogP contribution in [0.15, 0.2) is 58.6 Å². The molecule has 1 saturated carbocycles. The third-order valence-electron chi connectivity index (χ3n) is 3.89. The SMILES string of the molecule is C=CCn1c(-c2ccccc2)csc1=NN=C1CCCCC1.